The van der Waals surface area contributed by atoms with E-state index in [4.69, 9.17) is 11.6 Å². The molecule has 1 aromatic carbocycles. The molecular weight excluding hydrogens is 201 g/mol. The summed E-state index contributed by atoms with van der Waals surface area (Å²) in [5, 5.41) is 3.39. The molecular formula is C11H15ClFN. The van der Waals surface area contributed by atoms with Gasteiger partial charge in [0.05, 0.1) is 0 Å². The summed E-state index contributed by atoms with van der Waals surface area (Å²) in [7, 11) is 0. The SMILES string of the molecule is CCC(Cl)CNCc1ccc(F)cc1. The van der Waals surface area contributed by atoms with E-state index in [1.54, 1.807) is 12.1 Å². The van der Waals surface area contributed by atoms with E-state index < -0.39 is 0 Å². The van der Waals surface area contributed by atoms with Gasteiger partial charge in [0.25, 0.3) is 0 Å². The van der Waals surface area contributed by atoms with Gasteiger partial charge in [-0.3, -0.25) is 0 Å². The van der Waals surface area contributed by atoms with E-state index in [1.165, 1.54) is 12.1 Å². The topological polar surface area (TPSA) is 12.0 Å². The van der Waals surface area contributed by atoms with Crippen LogP contribution in [-0.4, -0.2) is 11.9 Å². The van der Waals surface area contributed by atoms with E-state index in [-0.39, 0.29) is 11.2 Å². The molecule has 0 aliphatic rings. The molecule has 0 amide bonds. The molecule has 0 heterocycles. The molecule has 1 N–H and O–H groups in total. The average Bonchev–Trinajstić information content (AvgIpc) is 2.21. The van der Waals surface area contributed by atoms with Crippen LogP contribution in [0, 0.1) is 5.82 Å². The summed E-state index contributed by atoms with van der Waals surface area (Å²) in [5.41, 5.74) is 1.08. The normalized spacial score (nSPS) is 12.8. The molecule has 3 heteroatoms. The van der Waals surface area contributed by atoms with E-state index in [9.17, 15) is 4.39 Å². The van der Waals surface area contributed by atoms with Gasteiger partial charge in [-0.15, -0.1) is 11.6 Å². The Hall–Kier alpha value is -0.600. The molecule has 0 aliphatic carbocycles. The predicted molar refractivity (Wildman–Crippen MR) is 58.0 cm³/mol. The first-order valence-electron chi connectivity index (χ1n) is 4.81. The van der Waals surface area contributed by atoms with Crippen LogP contribution in [0.25, 0.3) is 0 Å². The van der Waals surface area contributed by atoms with Gasteiger partial charge in [0.1, 0.15) is 5.82 Å². The molecule has 78 valence electrons. The second kappa shape index (κ2) is 5.99. The third kappa shape index (κ3) is 4.07. The van der Waals surface area contributed by atoms with Crippen LogP contribution in [0.5, 0.6) is 0 Å². The van der Waals surface area contributed by atoms with Gasteiger partial charge in [0.15, 0.2) is 0 Å². The summed E-state index contributed by atoms with van der Waals surface area (Å²) in [4.78, 5) is 0. The number of hydrogen-bond donors (Lipinski definition) is 1. The fourth-order valence-electron chi connectivity index (χ4n) is 1.12. The Bertz CT molecular complexity index is 260. The summed E-state index contributed by atoms with van der Waals surface area (Å²) in [6.45, 7) is 3.58. The van der Waals surface area contributed by atoms with Crippen molar-refractivity contribution < 1.29 is 4.39 Å². The van der Waals surface area contributed by atoms with E-state index in [0.29, 0.717) is 0 Å². The van der Waals surface area contributed by atoms with Gasteiger partial charge in [0, 0.05) is 18.5 Å². The molecule has 1 atom stereocenters. The molecule has 14 heavy (non-hydrogen) atoms. The number of benzene rings is 1. The van der Waals surface area contributed by atoms with Crippen molar-refractivity contribution in [1.29, 1.82) is 0 Å². The average molecular weight is 216 g/mol. The van der Waals surface area contributed by atoms with Crippen molar-refractivity contribution >= 4 is 11.6 Å². The Morgan fingerprint density at radius 1 is 1.36 bits per heavy atom. The second-order valence-electron chi connectivity index (χ2n) is 3.26. The Balaban J connectivity index is 2.28. The lowest BCUT2D eigenvalue weighted by molar-refractivity contribution is 0.622. The monoisotopic (exact) mass is 215 g/mol. The number of nitrogens with one attached hydrogen (secondary N) is 1. The van der Waals surface area contributed by atoms with Crippen LogP contribution in [0.15, 0.2) is 24.3 Å². The summed E-state index contributed by atoms with van der Waals surface area (Å²) < 4.78 is 12.6. The van der Waals surface area contributed by atoms with Crippen molar-refractivity contribution in [1.82, 2.24) is 5.32 Å². The molecule has 0 spiro atoms. The highest BCUT2D eigenvalue weighted by Gasteiger charge is 1.99. The number of rotatable bonds is 5. The summed E-state index contributed by atoms with van der Waals surface area (Å²) in [6, 6.07) is 6.49. The number of alkyl halides is 1. The largest absolute Gasteiger partial charge is 0.311 e. The van der Waals surface area contributed by atoms with Gasteiger partial charge in [-0.2, -0.15) is 0 Å². The zero-order valence-corrected chi connectivity index (χ0v) is 9.02. The highest BCUT2D eigenvalue weighted by Crippen LogP contribution is 2.03. The minimum Gasteiger partial charge on any atom is -0.311 e. The van der Waals surface area contributed by atoms with Crippen LogP contribution in [0.3, 0.4) is 0 Å². The molecule has 1 nitrogen and oxygen atoms in total. The molecule has 1 unspecified atom stereocenters. The first kappa shape index (κ1) is 11.5. The standard InChI is InChI=1S/C11H15ClFN/c1-2-10(12)8-14-7-9-3-5-11(13)6-4-9/h3-6,10,14H,2,7-8H2,1H3. The summed E-state index contributed by atoms with van der Waals surface area (Å²) in [6.07, 6.45) is 0.956. The van der Waals surface area contributed by atoms with E-state index in [1.807, 2.05) is 0 Å². The fourth-order valence-corrected chi connectivity index (χ4v) is 1.23. The smallest absolute Gasteiger partial charge is 0.123 e. The van der Waals surface area contributed by atoms with Crippen LogP contribution in [-0.2, 0) is 6.54 Å². The van der Waals surface area contributed by atoms with Gasteiger partial charge in [-0.05, 0) is 24.1 Å². The van der Waals surface area contributed by atoms with E-state index >= 15 is 0 Å². The van der Waals surface area contributed by atoms with E-state index in [2.05, 4.69) is 12.2 Å². The second-order valence-corrected chi connectivity index (χ2v) is 3.88. The Labute approximate surface area is 89.3 Å². The summed E-state index contributed by atoms with van der Waals surface area (Å²) in [5.74, 6) is -0.197. The van der Waals surface area contributed by atoms with Crippen LogP contribution in [0.1, 0.15) is 18.9 Å². The highest BCUT2D eigenvalue weighted by atomic mass is 35.5. The Morgan fingerprint density at radius 2 is 2.00 bits per heavy atom. The van der Waals surface area contributed by atoms with Gasteiger partial charge < -0.3 is 5.32 Å². The maximum absolute atomic E-state index is 12.6. The lowest BCUT2D eigenvalue weighted by atomic mass is 10.2. The van der Waals surface area contributed by atoms with Crippen LogP contribution >= 0.6 is 11.6 Å². The highest BCUT2D eigenvalue weighted by molar-refractivity contribution is 6.20. The zero-order chi connectivity index (χ0) is 10.4. The zero-order valence-electron chi connectivity index (χ0n) is 8.26. The first-order valence-corrected chi connectivity index (χ1v) is 5.25. The molecule has 0 radical (unpaired) electrons. The van der Waals surface area contributed by atoms with Gasteiger partial charge in [0.2, 0.25) is 0 Å². The first-order chi connectivity index (χ1) is 6.72. The molecule has 0 aliphatic heterocycles. The van der Waals surface area contributed by atoms with Gasteiger partial charge >= 0.3 is 0 Å². The molecule has 0 aromatic heterocycles. The number of halogens is 2. The Morgan fingerprint density at radius 3 is 2.57 bits per heavy atom. The van der Waals surface area contributed by atoms with Crippen molar-refractivity contribution in [2.75, 3.05) is 6.54 Å². The predicted octanol–water partition coefficient (Wildman–Crippen LogP) is 2.93. The van der Waals surface area contributed by atoms with Crippen molar-refractivity contribution in [3.05, 3.63) is 35.6 Å². The minimum atomic E-state index is -0.197. The molecule has 1 aromatic rings. The molecule has 1 rings (SSSR count). The molecule has 0 saturated carbocycles. The van der Waals surface area contributed by atoms with Crippen LogP contribution in [0.2, 0.25) is 0 Å². The van der Waals surface area contributed by atoms with Gasteiger partial charge in [-0.25, -0.2) is 4.39 Å². The maximum Gasteiger partial charge on any atom is 0.123 e. The van der Waals surface area contributed by atoms with Gasteiger partial charge in [-0.1, -0.05) is 19.1 Å². The Kier molecular flexibility index (Phi) is 4.91. The number of hydrogen-bond acceptors (Lipinski definition) is 1. The molecule has 0 saturated heterocycles. The quantitative estimate of drug-likeness (QED) is 0.745. The summed E-state index contributed by atoms with van der Waals surface area (Å²) >= 11 is 5.93. The van der Waals surface area contributed by atoms with E-state index in [0.717, 1.165) is 25.1 Å². The van der Waals surface area contributed by atoms with Crippen LogP contribution < -0.4 is 5.32 Å². The lowest BCUT2D eigenvalue weighted by Crippen LogP contribution is -2.22. The van der Waals surface area contributed by atoms with Crippen molar-refractivity contribution in [2.45, 2.75) is 25.3 Å². The van der Waals surface area contributed by atoms with Crippen LogP contribution in [0.4, 0.5) is 4.39 Å². The molecule has 0 fully saturated rings. The van der Waals surface area contributed by atoms with Crippen molar-refractivity contribution in [3.8, 4) is 0 Å². The third-order valence-electron chi connectivity index (χ3n) is 2.05. The minimum absolute atomic E-state index is 0.176. The van der Waals surface area contributed by atoms with Crippen molar-refractivity contribution in [3.63, 3.8) is 0 Å². The lowest BCUT2D eigenvalue weighted by Gasteiger charge is -2.08. The fraction of sp³-hybridized carbons (Fsp3) is 0.455. The maximum atomic E-state index is 12.6. The molecule has 0 bridgehead atoms. The third-order valence-corrected chi connectivity index (χ3v) is 2.51. The van der Waals surface area contributed by atoms with Crippen molar-refractivity contribution in [2.24, 2.45) is 0 Å².